The zero-order valence-corrected chi connectivity index (χ0v) is 17.8. The van der Waals surface area contributed by atoms with Crippen LogP contribution in [-0.4, -0.2) is 38.0 Å². The van der Waals surface area contributed by atoms with Crippen LogP contribution in [0.3, 0.4) is 0 Å². The Morgan fingerprint density at radius 3 is 2.57 bits per heavy atom. The average Bonchev–Trinajstić information content (AvgIpc) is 3.20. The second-order valence-corrected chi connectivity index (χ2v) is 7.67. The van der Waals surface area contributed by atoms with Crippen molar-refractivity contribution >= 4 is 28.6 Å². The van der Waals surface area contributed by atoms with Crippen molar-refractivity contribution in [2.75, 3.05) is 12.3 Å². The van der Waals surface area contributed by atoms with Gasteiger partial charge in [0.2, 0.25) is 5.91 Å². The standard InChI is InChI=1S/C23H23N5OS/c1-3-24-21(29)15-30-23-27-26-22(28(23)4-2)18-14-20(16-10-6-5-7-11-16)25-19-13-9-8-12-17(18)19/h5-14H,3-4,15H2,1-2H3,(H,24,29). The first-order valence-corrected chi connectivity index (χ1v) is 11.0. The van der Waals surface area contributed by atoms with Gasteiger partial charge < -0.3 is 9.88 Å². The Hall–Kier alpha value is -3.19. The topological polar surface area (TPSA) is 72.7 Å². The lowest BCUT2D eigenvalue weighted by Gasteiger charge is -2.11. The summed E-state index contributed by atoms with van der Waals surface area (Å²) >= 11 is 1.40. The summed E-state index contributed by atoms with van der Waals surface area (Å²) in [6, 6.07) is 20.3. The largest absolute Gasteiger partial charge is 0.356 e. The Bertz CT molecular complexity index is 1170. The van der Waals surface area contributed by atoms with E-state index in [2.05, 4.69) is 51.3 Å². The van der Waals surface area contributed by atoms with Gasteiger partial charge in [-0.1, -0.05) is 60.3 Å². The summed E-state index contributed by atoms with van der Waals surface area (Å²) < 4.78 is 2.06. The molecule has 0 atom stereocenters. The molecule has 4 aromatic rings. The van der Waals surface area contributed by atoms with Crippen molar-refractivity contribution in [2.24, 2.45) is 0 Å². The molecule has 0 fully saturated rings. The second kappa shape index (κ2) is 9.09. The van der Waals surface area contributed by atoms with Crippen molar-refractivity contribution in [3.8, 4) is 22.6 Å². The lowest BCUT2D eigenvalue weighted by Crippen LogP contribution is -2.24. The molecule has 0 saturated carbocycles. The van der Waals surface area contributed by atoms with Gasteiger partial charge in [0.05, 0.1) is 17.0 Å². The highest BCUT2D eigenvalue weighted by Crippen LogP contribution is 2.32. The normalized spacial score (nSPS) is 11.0. The number of hydrogen-bond donors (Lipinski definition) is 1. The number of thioether (sulfide) groups is 1. The Morgan fingerprint density at radius 1 is 1.03 bits per heavy atom. The minimum atomic E-state index is -0.00423. The lowest BCUT2D eigenvalue weighted by atomic mass is 10.0. The fraction of sp³-hybridized carbons (Fsp3) is 0.217. The minimum Gasteiger partial charge on any atom is -0.356 e. The molecular weight excluding hydrogens is 394 g/mol. The SMILES string of the molecule is CCNC(=O)CSc1nnc(-c2cc(-c3ccccc3)nc3ccccc23)n1CC. The minimum absolute atomic E-state index is 0.00423. The van der Waals surface area contributed by atoms with Crippen LogP contribution in [0.15, 0.2) is 65.8 Å². The predicted octanol–water partition coefficient (Wildman–Crippen LogP) is 4.41. The molecule has 152 valence electrons. The smallest absolute Gasteiger partial charge is 0.230 e. The van der Waals surface area contributed by atoms with Crippen LogP contribution in [0, 0.1) is 0 Å². The highest BCUT2D eigenvalue weighted by Gasteiger charge is 2.18. The van der Waals surface area contributed by atoms with Crippen molar-refractivity contribution < 1.29 is 4.79 Å². The Morgan fingerprint density at radius 2 is 1.80 bits per heavy atom. The number of rotatable bonds is 7. The van der Waals surface area contributed by atoms with E-state index < -0.39 is 0 Å². The summed E-state index contributed by atoms with van der Waals surface area (Å²) in [5, 5.41) is 13.5. The van der Waals surface area contributed by atoms with Crippen LogP contribution in [0.1, 0.15) is 13.8 Å². The maximum absolute atomic E-state index is 11.9. The molecule has 30 heavy (non-hydrogen) atoms. The van der Waals surface area contributed by atoms with Crippen molar-refractivity contribution in [1.29, 1.82) is 0 Å². The first-order valence-electron chi connectivity index (χ1n) is 9.99. The molecule has 1 N–H and O–H groups in total. The monoisotopic (exact) mass is 417 g/mol. The van der Waals surface area contributed by atoms with Gasteiger partial charge in [0.1, 0.15) is 0 Å². The van der Waals surface area contributed by atoms with E-state index in [9.17, 15) is 4.79 Å². The van der Waals surface area contributed by atoms with E-state index in [4.69, 9.17) is 4.98 Å². The molecule has 0 radical (unpaired) electrons. The van der Waals surface area contributed by atoms with Crippen LogP contribution < -0.4 is 5.32 Å². The zero-order valence-electron chi connectivity index (χ0n) is 17.0. The average molecular weight is 418 g/mol. The quantitative estimate of drug-likeness (QED) is 0.451. The highest BCUT2D eigenvalue weighted by atomic mass is 32.2. The van der Waals surface area contributed by atoms with E-state index in [1.165, 1.54) is 11.8 Å². The number of pyridine rings is 1. The molecule has 0 unspecified atom stereocenters. The maximum Gasteiger partial charge on any atom is 0.230 e. The number of para-hydroxylation sites is 1. The molecule has 0 saturated heterocycles. The van der Waals surface area contributed by atoms with Crippen LogP contribution in [0.5, 0.6) is 0 Å². The van der Waals surface area contributed by atoms with Gasteiger partial charge in [-0.2, -0.15) is 0 Å². The summed E-state index contributed by atoms with van der Waals surface area (Å²) in [4.78, 5) is 16.7. The third-order valence-electron chi connectivity index (χ3n) is 4.77. The zero-order chi connectivity index (χ0) is 20.9. The number of carbonyl (C=O) groups is 1. The summed E-state index contributed by atoms with van der Waals surface area (Å²) in [7, 11) is 0. The number of aromatic nitrogens is 4. The van der Waals surface area contributed by atoms with E-state index in [1.54, 1.807) is 0 Å². The number of carbonyl (C=O) groups excluding carboxylic acids is 1. The fourth-order valence-electron chi connectivity index (χ4n) is 3.38. The summed E-state index contributed by atoms with van der Waals surface area (Å²) in [6.07, 6.45) is 0. The molecule has 1 amide bonds. The number of nitrogens with one attached hydrogen (secondary N) is 1. The van der Waals surface area contributed by atoms with Crippen molar-refractivity contribution in [3.63, 3.8) is 0 Å². The number of hydrogen-bond acceptors (Lipinski definition) is 5. The highest BCUT2D eigenvalue weighted by molar-refractivity contribution is 7.99. The van der Waals surface area contributed by atoms with Crippen LogP contribution in [-0.2, 0) is 11.3 Å². The molecule has 4 rings (SSSR count). The first-order chi connectivity index (χ1) is 14.7. The molecule has 0 aliphatic rings. The third-order valence-corrected chi connectivity index (χ3v) is 5.73. The van der Waals surface area contributed by atoms with Gasteiger partial charge in [-0.15, -0.1) is 10.2 Å². The first kappa shape index (κ1) is 20.1. The van der Waals surface area contributed by atoms with Gasteiger partial charge in [-0.3, -0.25) is 4.79 Å². The molecule has 2 heterocycles. The molecule has 0 aliphatic heterocycles. The van der Waals surface area contributed by atoms with Crippen molar-refractivity contribution in [2.45, 2.75) is 25.5 Å². The van der Waals surface area contributed by atoms with E-state index in [0.717, 1.165) is 38.7 Å². The van der Waals surface area contributed by atoms with E-state index in [1.807, 2.05) is 43.3 Å². The maximum atomic E-state index is 11.9. The predicted molar refractivity (Wildman–Crippen MR) is 121 cm³/mol. The van der Waals surface area contributed by atoms with Crippen molar-refractivity contribution in [3.05, 3.63) is 60.7 Å². The van der Waals surface area contributed by atoms with E-state index >= 15 is 0 Å². The lowest BCUT2D eigenvalue weighted by molar-refractivity contribution is -0.118. The van der Waals surface area contributed by atoms with Gasteiger partial charge >= 0.3 is 0 Å². The Balaban J connectivity index is 1.80. The molecule has 6 nitrogen and oxygen atoms in total. The molecule has 0 spiro atoms. The molecular formula is C23H23N5OS. The number of fused-ring (bicyclic) bond motifs is 1. The number of nitrogens with zero attached hydrogens (tertiary/aromatic N) is 4. The number of benzene rings is 2. The Kier molecular flexibility index (Phi) is 6.09. The van der Waals surface area contributed by atoms with Crippen LogP contribution in [0.2, 0.25) is 0 Å². The van der Waals surface area contributed by atoms with Crippen LogP contribution >= 0.6 is 11.8 Å². The summed E-state index contributed by atoms with van der Waals surface area (Å²) in [5.41, 5.74) is 3.85. The molecule has 0 aliphatic carbocycles. The van der Waals surface area contributed by atoms with Gasteiger partial charge in [0, 0.05) is 29.6 Å². The van der Waals surface area contributed by atoms with Crippen molar-refractivity contribution in [1.82, 2.24) is 25.1 Å². The molecule has 2 aromatic heterocycles. The summed E-state index contributed by atoms with van der Waals surface area (Å²) in [5.74, 6) is 1.10. The number of amides is 1. The fourth-order valence-corrected chi connectivity index (χ4v) is 4.21. The van der Waals surface area contributed by atoms with Crippen LogP contribution in [0.25, 0.3) is 33.5 Å². The van der Waals surface area contributed by atoms with E-state index in [0.29, 0.717) is 18.8 Å². The van der Waals surface area contributed by atoms with Gasteiger partial charge in [0.15, 0.2) is 11.0 Å². The molecule has 7 heteroatoms. The Labute approximate surface area is 179 Å². The molecule has 2 aromatic carbocycles. The van der Waals surface area contributed by atoms with Crippen LogP contribution in [0.4, 0.5) is 0 Å². The third kappa shape index (κ3) is 4.07. The van der Waals surface area contributed by atoms with Gasteiger partial charge in [-0.25, -0.2) is 4.98 Å². The summed E-state index contributed by atoms with van der Waals surface area (Å²) in [6.45, 7) is 5.30. The van der Waals surface area contributed by atoms with Gasteiger partial charge in [-0.05, 0) is 26.0 Å². The van der Waals surface area contributed by atoms with E-state index in [-0.39, 0.29) is 5.91 Å². The second-order valence-electron chi connectivity index (χ2n) is 6.73. The van der Waals surface area contributed by atoms with Gasteiger partial charge in [0.25, 0.3) is 0 Å². The molecule has 0 bridgehead atoms.